The zero-order valence-corrected chi connectivity index (χ0v) is 19.5. The second kappa shape index (κ2) is 9.04. The number of rotatable bonds is 5. The standard InChI is InChI=1S/C21H21BrF3N5O4/c1-34-14-3-2-11(8-12(14)21(23,24)25)27-17-15-16(13(22)9-26-18(15)32)28-19(29-17)30-6-4-20(33,10-31)5-7-30/h2-3,8-9,31,33H,4-7,10H2,1H3,(H,26,32)(H,27,28,29). The Labute approximate surface area is 199 Å². The van der Waals surface area contributed by atoms with Gasteiger partial charge in [-0.05, 0) is 47.0 Å². The van der Waals surface area contributed by atoms with Crippen LogP contribution in [0.1, 0.15) is 18.4 Å². The molecule has 0 unspecified atom stereocenters. The Balaban J connectivity index is 1.80. The van der Waals surface area contributed by atoms with Gasteiger partial charge >= 0.3 is 6.18 Å². The van der Waals surface area contributed by atoms with Gasteiger partial charge in [0.05, 0.1) is 34.9 Å². The molecule has 182 valence electrons. The Bertz CT molecular complexity index is 1280. The third-order valence-electron chi connectivity index (χ3n) is 5.72. The van der Waals surface area contributed by atoms with Crippen molar-refractivity contribution in [2.75, 3.05) is 37.0 Å². The van der Waals surface area contributed by atoms with Crippen molar-refractivity contribution in [3.63, 3.8) is 0 Å². The number of benzene rings is 1. The van der Waals surface area contributed by atoms with Crippen LogP contribution in [0.5, 0.6) is 5.75 Å². The van der Waals surface area contributed by atoms with Crippen molar-refractivity contribution in [3.05, 3.63) is 44.8 Å². The van der Waals surface area contributed by atoms with E-state index < -0.39 is 22.9 Å². The van der Waals surface area contributed by atoms with Gasteiger partial charge in [0.1, 0.15) is 17.0 Å². The Hall–Kier alpha value is -2.90. The SMILES string of the molecule is COc1ccc(Nc2nc(N3CCC(O)(CO)CC3)nc3c(Br)c[nH]c(=O)c23)cc1C(F)(F)F. The summed E-state index contributed by atoms with van der Waals surface area (Å²) >= 11 is 3.35. The Morgan fingerprint density at radius 2 is 2.00 bits per heavy atom. The largest absolute Gasteiger partial charge is 0.496 e. The van der Waals surface area contributed by atoms with E-state index in [1.165, 1.54) is 18.3 Å². The maximum Gasteiger partial charge on any atom is 0.420 e. The lowest BCUT2D eigenvalue weighted by molar-refractivity contribution is -0.138. The van der Waals surface area contributed by atoms with Gasteiger partial charge in [-0.25, -0.2) is 4.98 Å². The van der Waals surface area contributed by atoms with Gasteiger partial charge < -0.3 is 30.2 Å². The average Bonchev–Trinajstić information content (AvgIpc) is 2.81. The van der Waals surface area contributed by atoms with Crippen LogP contribution in [-0.2, 0) is 6.18 Å². The van der Waals surface area contributed by atoms with E-state index in [0.717, 1.165) is 13.2 Å². The first-order valence-electron chi connectivity index (χ1n) is 10.2. The molecule has 4 rings (SSSR count). The van der Waals surface area contributed by atoms with Crippen LogP contribution in [0.25, 0.3) is 10.9 Å². The van der Waals surface area contributed by atoms with Gasteiger partial charge in [-0.2, -0.15) is 18.2 Å². The molecule has 1 aliphatic heterocycles. The number of aromatic nitrogens is 3. The van der Waals surface area contributed by atoms with Crippen LogP contribution in [0, 0.1) is 0 Å². The minimum absolute atomic E-state index is 0.0174. The summed E-state index contributed by atoms with van der Waals surface area (Å²) in [5.74, 6) is -0.0914. The number of alkyl halides is 3. The number of nitrogens with zero attached hydrogens (tertiary/aromatic N) is 3. The van der Waals surface area contributed by atoms with E-state index in [-0.39, 0.29) is 53.6 Å². The average molecular weight is 544 g/mol. The predicted molar refractivity (Wildman–Crippen MR) is 123 cm³/mol. The summed E-state index contributed by atoms with van der Waals surface area (Å²) in [6.45, 7) is 0.305. The molecule has 34 heavy (non-hydrogen) atoms. The Kier molecular flexibility index (Phi) is 6.44. The molecular formula is C21H21BrF3N5O4. The third-order valence-corrected chi connectivity index (χ3v) is 6.32. The summed E-state index contributed by atoms with van der Waals surface area (Å²) in [6.07, 6.45) is -2.68. The van der Waals surface area contributed by atoms with Crippen molar-refractivity contribution in [1.82, 2.24) is 15.0 Å². The zero-order chi connectivity index (χ0) is 24.7. The molecule has 0 amide bonds. The highest BCUT2D eigenvalue weighted by Gasteiger charge is 2.35. The van der Waals surface area contributed by atoms with E-state index in [2.05, 4.69) is 36.2 Å². The molecule has 4 N–H and O–H groups in total. The van der Waals surface area contributed by atoms with E-state index in [1.54, 1.807) is 4.90 Å². The summed E-state index contributed by atoms with van der Waals surface area (Å²) in [4.78, 5) is 25.8. The van der Waals surface area contributed by atoms with Gasteiger partial charge in [-0.3, -0.25) is 4.79 Å². The monoisotopic (exact) mass is 543 g/mol. The fourth-order valence-electron chi connectivity index (χ4n) is 3.76. The molecular weight excluding hydrogens is 523 g/mol. The van der Waals surface area contributed by atoms with E-state index in [9.17, 15) is 28.2 Å². The van der Waals surface area contributed by atoms with E-state index in [0.29, 0.717) is 17.6 Å². The molecule has 0 spiro atoms. The number of aliphatic hydroxyl groups excluding tert-OH is 1. The summed E-state index contributed by atoms with van der Waals surface area (Å²) in [5, 5.41) is 22.6. The predicted octanol–water partition coefficient (Wildman–Crippen LogP) is 3.18. The molecule has 0 bridgehead atoms. The highest BCUT2D eigenvalue weighted by atomic mass is 79.9. The van der Waals surface area contributed by atoms with Crippen LogP contribution in [0.3, 0.4) is 0 Å². The molecule has 0 saturated carbocycles. The van der Waals surface area contributed by atoms with Gasteiger partial charge in [0.2, 0.25) is 5.95 Å². The van der Waals surface area contributed by atoms with Crippen LogP contribution in [-0.4, -0.2) is 57.6 Å². The molecule has 13 heteroatoms. The minimum Gasteiger partial charge on any atom is -0.496 e. The Morgan fingerprint density at radius 3 is 2.62 bits per heavy atom. The lowest BCUT2D eigenvalue weighted by Crippen LogP contribution is -2.47. The molecule has 9 nitrogen and oxygen atoms in total. The van der Waals surface area contributed by atoms with Gasteiger partial charge in [-0.1, -0.05) is 0 Å². The third kappa shape index (κ3) is 4.68. The van der Waals surface area contributed by atoms with Crippen molar-refractivity contribution in [2.45, 2.75) is 24.6 Å². The van der Waals surface area contributed by atoms with Crippen LogP contribution in [0.15, 0.2) is 33.7 Å². The maximum absolute atomic E-state index is 13.5. The highest BCUT2D eigenvalue weighted by Crippen LogP contribution is 2.39. The number of piperidine rings is 1. The number of fused-ring (bicyclic) bond motifs is 1. The molecule has 3 aromatic rings. The molecule has 1 aliphatic rings. The van der Waals surface area contributed by atoms with Crippen molar-refractivity contribution >= 4 is 44.3 Å². The number of pyridine rings is 1. The fraction of sp³-hybridized carbons (Fsp3) is 0.381. The number of H-pyrrole nitrogens is 1. The number of halogens is 4. The smallest absolute Gasteiger partial charge is 0.420 e. The zero-order valence-electron chi connectivity index (χ0n) is 17.9. The molecule has 1 fully saturated rings. The molecule has 1 saturated heterocycles. The van der Waals surface area contributed by atoms with Crippen molar-refractivity contribution in [1.29, 1.82) is 0 Å². The number of nitrogens with one attached hydrogen (secondary N) is 2. The summed E-state index contributed by atoms with van der Waals surface area (Å²) < 4.78 is 45.7. The number of aliphatic hydroxyl groups is 2. The minimum atomic E-state index is -4.65. The van der Waals surface area contributed by atoms with Gasteiger partial charge in [0.15, 0.2) is 0 Å². The van der Waals surface area contributed by atoms with Crippen LogP contribution < -0.4 is 20.5 Å². The van der Waals surface area contributed by atoms with Crippen molar-refractivity contribution in [2.24, 2.45) is 0 Å². The molecule has 3 heterocycles. The lowest BCUT2D eigenvalue weighted by atomic mass is 9.93. The second-order valence-electron chi connectivity index (χ2n) is 7.97. The van der Waals surface area contributed by atoms with Crippen LogP contribution in [0.2, 0.25) is 0 Å². The molecule has 0 atom stereocenters. The first-order chi connectivity index (χ1) is 16.0. The molecule has 1 aromatic carbocycles. The van der Waals surface area contributed by atoms with Crippen molar-refractivity contribution in [3.8, 4) is 5.75 Å². The normalized spacial score (nSPS) is 16.0. The first-order valence-corrected chi connectivity index (χ1v) is 11.0. The van der Waals surface area contributed by atoms with Gasteiger partial charge in [0, 0.05) is 25.0 Å². The number of hydrogen-bond acceptors (Lipinski definition) is 8. The molecule has 0 radical (unpaired) electrons. The Morgan fingerprint density at radius 1 is 1.29 bits per heavy atom. The van der Waals surface area contributed by atoms with E-state index in [4.69, 9.17) is 4.74 Å². The fourth-order valence-corrected chi connectivity index (χ4v) is 4.16. The van der Waals surface area contributed by atoms with E-state index >= 15 is 0 Å². The van der Waals surface area contributed by atoms with Gasteiger partial charge in [0.25, 0.3) is 5.56 Å². The number of hydrogen-bond donors (Lipinski definition) is 4. The summed E-state index contributed by atoms with van der Waals surface area (Å²) in [7, 11) is 1.15. The molecule has 2 aromatic heterocycles. The quantitative estimate of drug-likeness (QED) is 0.387. The topological polar surface area (TPSA) is 124 Å². The summed E-state index contributed by atoms with van der Waals surface area (Å²) in [5.41, 5.74) is -2.38. The van der Waals surface area contributed by atoms with E-state index in [1.807, 2.05) is 0 Å². The lowest BCUT2D eigenvalue weighted by Gasteiger charge is -2.37. The second-order valence-corrected chi connectivity index (χ2v) is 8.82. The van der Waals surface area contributed by atoms with Gasteiger partial charge in [-0.15, -0.1) is 0 Å². The number of anilines is 3. The van der Waals surface area contributed by atoms with Crippen LogP contribution in [0.4, 0.5) is 30.6 Å². The number of aromatic amines is 1. The number of ether oxygens (including phenoxy) is 1. The highest BCUT2D eigenvalue weighted by molar-refractivity contribution is 9.10. The summed E-state index contributed by atoms with van der Waals surface area (Å²) in [6, 6.07) is 3.44. The first kappa shape index (κ1) is 24.2. The number of methoxy groups -OCH3 is 1. The maximum atomic E-state index is 13.5. The molecule has 0 aliphatic carbocycles. The van der Waals surface area contributed by atoms with Crippen molar-refractivity contribution < 1.29 is 28.1 Å². The van der Waals surface area contributed by atoms with Crippen LogP contribution >= 0.6 is 15.9 Å².